The molecule has 0 bridgehead atoms. The molecule has 0 spiro atoms. The third kappa shape index (κ3) is 4.40. The molecule has 0 aliphatic carbocycles. The zero-order valence-corrected chi connectivity index (χ0v) is 15.4. The molecule has 1 atom stereocenters. The highest BCUT2D eigenvalue weighted by Crippen LogP contribution is 2.35. The summed E-state index contributed by atoms with van der Waals surface area (Å²) >= 11 is 5.22. The number of halogens is 2. The molecule has 2 rings (SSSR count). The van der Waals surface area contributed by atoms with E-state index >= 15 is 0 Å². The van der Waals surface area contributed by atoms with Gasteiger partial charge in [0.15, 0.2) is 16.6 Å². The fraction of sp³-hybridized carbons (Fsp3) is 0.412. The van der Waals surface area contributed by atoms with E-state index in [0.29, 0.717) is 28.4 Å². The third-order valence-electron chi connectivity index (χ3n) is 3.80. The minimum atomic E-state index is -3.01. The van der Waals surface area contributed by atoms with Gasteiger partial charge in [-0.2, -0.15) is 8.78 Å². The highest BCUT2D eigenvalue weighted by Gasteiger charge is 2.32. The average Bonchev–Trinajstić information content (AvgIpc) is 2.60. The third-order valence-corrected chi connectivity index (χ3v) is 4.02. The van der Waals surface area contributed by atoms with Crippen molar-refractivity contribution in [3.8, 4) is 11.5 Å². The Morgan fingerprint density at radius 3 is 2.62 bits per heavy atom. The van der Waals surface area contributed by atoms with Gasteiger partial charge in [0.2, 0.25) is 0 Å². The second-order valence-electron chi connectivity index (χ2n) is 5.45. The van der Waals surface area contributed by atoms with Crippen LogP contribution < -0.4 is 20.1 Å². The molecule has 0 amide bonds. The molecular formula is C17H20F2N2O4S. The van der Waals surface area contributed by atoms with E-state index in [4.69, 9.17) is 21.7 Å². The first-order valence-electron chi connectivity index (χ1n) is 7.92. The smallest absolute Gasteiger partial charge is 0.387 e. The van der Waals surface area contributed by atoms with Crippen molar-refractivity contribution in [2.75, 3.05) is 14.2 Å². The predicted octanol–water partition coefficient (Wildman–Crippen LogP) is 3.04. The molecule has 2 N–H and O–H groups in total. The van der Waals surface area contributed by atoms with Gasteiger partial charge in [0, 0.05) is 5.70 Å². The fourth-order valence-electron chi connectivity index (χ4n) is 2.73. The molecule has 0 saturated heterocycles. The number of esters is 1. The Balaban J connectivity index is 2.54. The van der Waals surface area contributed by atoms with E-state index in [9.17, 15) is 13.6 Å². The van der Waals surface area contributed by atoms with Gasteiger partial charge in [-0.15, -0.1) is 0 Å². The predicted molar refractivity (Wildman–Crippen MR) is 95.2 cm³/mol. The summed E-state index contributed by atoms with van der Waals surface area (Å²) in [6.45, 7) is -1.04. The lowest BCUT2D eigenvalue weighted by molar-refractivity contribution is -0.136. The molecule has 142 valence electrons. The number of alkyl halides is 2. The Morgan fingerprint density at radius 2 is 2.04 bits per heavy atom. The Kier molecular flexibility index (Phi) is 6.73. The zero-order chi connectivity index (χ0) is 19.3. The summed E-state index contributed by atoms with van der Waals surface area (Å²) in [5, 5.41) is 6.29. The SMILES string of the molecule is CCCC1=C(C(=O)OC)[C@@H](c2ccc(OC)c(OC(F)F)c2)NC(=S)N1. The molecule has 1 heterocycles. The highest BCUT2D eigenvalue weighted by molar-refractivity contribution is 7.80. The van der Waals surface area contributed by atoms with Gasteiger partial charge in [-0.3, -0.25) is 0 Å². The fourth-order valence-corrected chi connectivity index (χ4v) is 2.97. The Morgan fingerprint density at radius 1 is 1.31 bits per heavy atom. The van der Waals surface area contributed by atoms with Crippen LogP contribution in [0.1, 0.15) is 31.4 Å². The average molecular weight is 386 g/mol. The summed E-state index contributed by atoms with van der Waals surface area (Å²) in [4.78, 5) is 12.3. The molecule has 0 fully saturated rings. The van der Waals surface area contributed by atoms with Crippen molar-refractivity contribution in [3.05, 3.63) is 35.0 Å². The van der Waals surface area contributed by atoms with Crippen LogP contribution in [0.3, 0.4) is 0 Å². The maximum Gasteiger partial charge on any atom is 0.387 e. The number of nitrogens with one attached hydrogen (secondary N) is 2. The molecule has 1 aliphatic heterocycles. The molecule has 0 aromatic heterocycles. The zero-order valence-electron chi connectivity index (χ0n) is 14.6. The van der Waals surface area contributed by atoms with Gasteiger partial charge in [-0.1, -0.05) is 19.4 Å². The molecule has 1 aliphatic rings. The van der Waals surface area contributed by atoms with Crippen molar-refractivity contribution in [3.63, 3.8) is 0 Å². The maximum absolute atomic E-state index is 12.7. The lowest BCUT2D eigenvalue weighted by Crippen LogP contribution is -2.45. The van der Waals surface area contributed by atoms with Crippen LogP contribution in [0.15, 0.2) is 29.5 Å². The van der Waals surface area contributed by atoms with Gasteiger partial charge in [0.25, 0.3) is 0 Å². The number of ether oxygens (including phenoxy) is 3. The van der Waals surface area contributed by atoms with Crippen molar-refractivity contribution in [1.29, 1.82) is 0 Å². The Hall–Kier alpha value is -2.42. The van der Waals surface area contributed by atoms with Crippen molar-refractivity contribution in [2.24, 2.45) is 0 Å². The Labute approximate surface area is 155 Å². The normalized spacial score (nSPS) is 16.8. The molecule has 9 heteroatoms. The summed E-state index contributed by atoms with van der Waals surface area (Å²) in [7, 11) is 2.63. The number of hydrogen-bond acceptors (Lipinski definition) is 5. The number of thiocarbonyl (C=S) groups is 1. The van der Waals surface area contributed by atoms with Crippen molar-refractivity contribution in [2.45, 2.75) is 32.4 Å². The largest absolute Gasteiger partial charge is 0.493 e. The highest BCUT2D eigenvalue weighted by atomic mass is 32.1. The van der Waals surface area contributed by atoms with Crippen LogP contribution in [0.4, 0.5) is 8.78 Å². The van der Waals surface area contributed by atoms with Crippen LogP contribution in [-0.4, -0.2) is 31.9 Å². The van der Waals surface area contributed by atoms with Crippen molar-refractivity contribution < 1.29 is 27.8 Å². The van der Waals surface area contributed by atoms with Gasteiger partial charge >= 0.3 is 12.6 Å². The van der Waals surface area contributed by atoms with E-state index in [1.807, 2.05) is 6.92 Å². The van der Waals surface area contributed by atoms with Crippen molar-refractivity contribution in [1.82, 2.24) is 10.6 Å². The number of hydrogen-bond donors (Lipinski definition) is 2. The van der Waals surface area contributed by atoms with E-state index in [0.717, 1.165) is 6.42 Å². The van der Waals surface area contributed by atoms with E-state index in [1.54, 1.807) is 6.07 Å². The number of benzene rings is 1. The quantitative estimate of drug-likeness (QED) is 0.551. The summed E-state index contributed by atoms with van der Waals surface area (Å²) in [6, 6.07) is 3.87. The first kappa shape index (κ1) is 19.9. The molecule has 0 unspecified atom stereocenters. The lowest BCUT2D eigenvalue weighted by atomic mass is 9.93. The molecule has 0 saturated carbocycles. The van der Waals surface area contributed by atoms with Crippen LogP contribution >= 0.6 is 12.2 Å². The summed E-state index contributed by atoms with van der Waals surface area (Å²) < 4.78 is 39.8. The number of carbonyl (C=O) groups is 1. The molecule has 1 aromatic rings. The number of rotatable bonds is 7. The monoisotopic (exact) mass is 386 g/mol. The van der Waals surface area contributed by atoms with E-state index in [-0.39, 0.29) is 11.5 Å². The van der Waals surface area contributed by atoms with Gasteiger partial charge in [0.1, 0.15) is 0 Å². The number of allylic oxidation sites excluding steroid dienone is 1. The van der Waals surface area contributed by atoms with Crippen LogP contribution in [0.25, 0.3) is 0 Å². The van der Waals surface area contributed by atoms with Gasteiger partial charge in [-0.25, -0.2) is 4.79 Å². The molecule has 26 heavy (non-hydrogen) atoms. The first-order chi connectivity index (χ1) is 12.4. The Bertz CT molecular complexity index is 725. The van der Waals surface area contributed by atoms with Crippen LogP contribution in [0.5, 0.6) is 11.5 Å². The number of methoxy groups -OCH3 is 2. The summed E-state index contributed by atoms with van der Waals surface area (Å²) in [5.74, 6) is -0.511. The standard InChI is InChI=1S/C17H20F2N2O4S/c1-4-5-10-13(15(22)24-3)14(21-17(26)20-10)9-6-7-11(23-2)12(8-9)25-16(18)19/h6-8,14,16H,4-5H2,1-3H3,(H2,20,21,26)/t14-/m1/s1. The molecule has 6 nitrogen and oxygen atoms in total. The maximum atomic E-state index is 12.7. The van der Waals surface area contributed by atoms with Gasteiger partial charge in [0.05, 0.1) is 25.8 Å². The molecule has 0 radical (unpaired) electrons. The summed E-state index contributed by atoms with van der Waals surface area (Å²) in [5.41, 5.74) is 1.50. The number of carbonyl (C=O) groups excluding carboxylic acids is 1. The summed E-state index contributed by atoms with van der Waals surface area (Å²) in [6.07, 6.45) is 1.36. The second-order valence-corrected chi connectivity index (χ2v) is 5.86. The first-order valence-corrected chi connectivity index (χ1v) is 8.33. The van der Waals surface area contributed by atoms with Crippen LogP contribution in [-0.2, 0) is 9.53 Å². The van der Waals surface area contributed by atoms with Crippen LogP contribution in [0.2, 0.25) is 0 Å². The lowest BCUT2D eigenvalue weighted by Gasteiger charge is -2.31. The minimum Gasteiger partial charge on any atom is -0.493 e. The van der Waals surface area contributed by atoms with E-state index in [1.165, 1.54) is 26.4 Å². The molecular weight excluding hydrogens is 366 g/mol. The van der Waals surface area contributed by atoms with Crippen LogP contribution in [0, 0.1) is 0 Å². The minimum absolute atomic E-state index is 0.132. The van der Waals surface area contributed by atoms with E-state index < -0.39 is 18.6 Å². The van der Waals surface area contributed by atoms with E-state index in [2.05, 4.69) is 15.4 Å². The molecule has 1 aromatic carbocycles. The van der Waals surface area contributed by atoms with Gasteiger partial charge in [-0.05, 0) is 36.3 Å². The second kappa shape index (κ2) is 8.79. The van der Waals surface area contributed by atoms with Gasteiger partial charge < -0.3 is 24.8 Å². The topological polar surface area (TPSA) is 68.8 Å². The van der Waals surface area contributed by atoms with Crippen molar-refractivity contribution >= 4 is 23.3 Å².